The van der Waals surface area contributed by atoms with Gasteiger partial charge in [0.25, 0.3) is 0 Å². The predicted molar refractivity (Wildman–Crippen MR) is 93.2 cm³/mol. The molecule has 2 amide bonds. The maximum absolute atomic E-state index is 12.8. The fourth-order valence-corrected chi connectivity index (χ4v) is 2.63. The van der Waals surface area contributed by atoms with Crippen LogP contribution in [0.2, 0.25) is 0 Å². The zero-order chi connectivity index (χ0) is 17.6. The number of benzene rings is 2. The summed E-state index contributed by atoms with van der Waals surface area (Å²) in [5, 5.41) is 5.54. The molecule has 0 aliphatic carbocycles. The smallest absolute Gasteiger partial charge is 0.224 e. The van der Waals surface area contributed by atoms with Gasteiger partial charge in [-0.25, -0.2) is 4.39 Å². The Balaban J connectivity index is 1.41. The van der Waals surface area contributed by atoms with Gasteiger partial charge in [0, 0.05) is 24.2 Å². The van der Waals surface area contributed by atoms with E-state index in [1.54, 1.807) is 0 Å². The van der Waals surface area contributed by atoms with E-state index < -0.39 is 0 Å². The summed E-state index contributed by atoms with van der Waals surface area (Å²) in [5.74, 6) is 0.293. The minimum absolute atomic E-state index is 0.0355. The molecule has 2 N–H and O–H groups in total. The quantitative estimate of drug-likeness (QED) is 0.790. The van der Waals surface area contributed by atoms with Crippen LogP contribution in [0.15, 0.2) is 42.5 Å². The highest BCUT2D eigenvalue weighted by Crippen LogP contribution is 2.26. The molecule has 0 unspecified atom stereocenters. The van der Waals surface area contributed by atoms with Gasteiger partial charge in [0.05, 0.1) is 6.61 Å². The molecular weight excluding hydrogens is 323 g/mol. The minimum atomic E-state index is -0.337. The predicted octanol–water partition coefficient (Wildman–Crippen LogP) is 3.51. The maximum Gasteiger partial charge on any atom is 0.224 e. The molecule has 0 bridgehead atoms. The molecule has 0 saturated carbocycles. The Hall–Kier alpha value is -2.89. The van der Waals surface area contributed by atoms with Crippen LogP contribution >= 0.6 is 0 Å². The number of carbonyl (C=O) groups excluding carboxylic acids is 2. The van der Waals surface area contributed by atoms with Crippen LogP contribution < -0.4 is 15.4 Å². The van der Waals surface area contributed by atoms with Crippen LogP contribution in [0.5, 0.6) is 5.75 Å². The van der Waals surface area contributed by atoms with E-state index in [0.717, 1.165) is 17.0 Å². The zero-order valence-electron chi connectivity index (χ0n) is 13.7. The van der Waals surface area contributed by atoms with Crippen LogP contribution in [-0.2, 0) is 16.0 Å². The second-order valence-corrected chi connectivity index (χ2v) is 5.87. The number of rotatable bonds is 6. The SMILES string of the molecule is O=C(CCCOc1ccc2c(c1)CCC(=O)N2)Nc1ccc(F)cc1. The minimum Gasteiger partial charge on any atom is -0.494 e. The van der Waals surface area contributed by atoms with E-state index in [9.17, 15) is 14.0 Å². The van der Waals surface area contributed by atoms with E-state index in [-0.39, 0.29) is 17.6 Å². The summed E-state index contributed by atoms with van der Waals surface area (Å²) >= 11 is 0. The summed E-state index contributed by atoms with van der Waals surface area (Å²) in [4.78, 5) is 23.2. The standard InChI is InChI=1S/C19H19FN2O3/c20-14-4-6-15(7-5-14)21-18(23)2-1-11-25-16-8-9-17-13(12-16)3-10-19(24)22-17/h4-9,12H,1-3,10-11H2,(H,21,23)(H,22,24). The molecule has 2 aromatic rings. The number of ether oxygens (including phenoxy) is 1. The first-order chi connectivity index (χ1) is 12.1. The van der Waals surface area contributed by atoms with E-state index in [4.69, 9.17) is 4.74 Å². The van der Waals surface area contributed by atoms with Crippen molar-refractivity contribution in [2.75, 3.05) is 17.2 Å². The number of fused-ring (bicyclic) bond motifs is 1. The molecule has 1 heterocycles. The average Bonchev–Trinajstić information content (AvgIpc) is 2.61. The van der Waals surface area contributed by atoms with E-state index in [0.29, 0.717) is 38.0 Å². The third kappa shape index (κ3) is 4.79. The van der Waals surface area contributed by atoms with Crippen molar-refractivity contribution in [1.29, 1.82) is 0 Å². The maximum atomic E-state index is 12.8. The lowest BCUT2D eigenvalue weighted by molar-refractivity contribution is -0.117. The van der Waals surface area contributed by atoms with Crippen molar-refractivity contribution in [3.63, 3.8) is 0 Å². The number of anilines is 2. The summed E-state index contributed by atoms with van der Waals surface area (Å²) in [7, 11) is 0. The Kier molecular flexibility index (Phi) is 5.28. The molecule has 2 aromatic carbocycles. The largest absolute Gasteiger partial charge is 0.494 e. The molecular formula is C19H19FN2O3. The molecule has 0 atom stereocenters. The fourth-order valence-electron chi connectivity index (χ4n) is 2.63. The summed E-state index contributed by atoms with van der Waals surface area (Å²) in [6.45, 7) is 0.419. The van der Waals surface area contributed by atoms with Crippen LogP contribution in [0.3, 0.4) is 0 Å². The second-order valence-electron chi connectivity index (χ2n) is 5.87. The van der Waals surface area contributed by atoms with Gasteiger partial charge in [0.2, 0.25) is 11.8 Å². The zero-order valence-corrected chi connectivity index (χ0v) is 13.7. The number of hydrogen-bond donors (Lipinski definition) is 2. The lowest BCUT2D eigenvalue weighted by Crippen LogP contribution is -2.18. The summed E-state index contributed by atoms with van der Waals surface area (Å²) in [5.41, 5.74) is 2.47. The number of nitrogens with one attached hydrogen (secondary N) is 2. The first-order valence-corrected chi connectivity index (χ1v) is 8.21. The van der Waals surface area contributed by atoms with Gasteiger partial charge in [0.1, 0.15) is 11.6 Å². The number of carbonyl (C=O) groups is 2. The van der Waals surface area contributed by atoms with Gasteiger partial charge in [-0.3, -0.25) is 9.59 Å². The molecule has 5 nitrogen and oxygen atoms in total. The molecule has 0 saturated heterocycles. The number of hydrogen-bond acceptors (Lipinski definition) is 3. The van der Waals surface area contributed by atoms with Gasteiger partial charge >= 0.3 is 0 Å². The number of aryl methyl sites for hydroxylation is 1. The van der Waals surface area contributed by atoms with Crippen LogP contribution in [-0.4, -0.2) is 18.4 Å². The fraction of sp³-hybridized carbons (Fsp3) is 0.263. The Labute approximate surface area is 145 Å². The lowest BCUT2D eigenvalue weighted by Gasteiger charge is -2.17. The van der Waals surface area contributed by atoms with Crippen LogP contribution in [0, 0.1) is 5.82 Å². The molecule has 0 aromatic heterocycles. The molecule has 0 spiro atoms. The molecule has 130 valence electrons. The Morgan fingerprint density at radius 1 is 1.16 bits per heavy atom. The van der Waals surface area contributed by atoms with Crippen LogP contribution in [0.25, 0.3) is 0 Å². The third-order valence-electron chi connectivity index (χ3n) is 3.92. The number of halogens is 1. The first-order valence-electron chi connectivity index (χ1n) is 8.21. The normalized spacial score (nSPS) is 12.9. The Morgan fingerprint density at radius 3 is 2.76 bits per heavy atom. The molecule has 0 fully saturated rings. The molecule has 6 heteroatoms. The van der Waals surface area contributed by atoms with Crippen molar-refractivity contribution >= 4 is 23.2 Å². The molecule has 25 heavy (non-hydrogen) atoms. The summed E-state index contributed by atoms with van der Waals surface area (Å²) in [6, 6.07) is 11.2. The second kappa shape index (κ2) is 7.79. The van der Waals surface area contributed by atoms with Gasteiger partial charge in [-0.2, -0.15) is 0 Å². The highest BCUT2D eigenvalue weighted by Gasteiger charge is 2.15. The van der Waals surface area contributed by atoms with E-state index in [2.05, 4.69) is 10.6 Å². The van der Waals surface area contributed by atoms with Gasteiger partial charge in [-0.05, 0) is 60.9 Å². The van der Waals surface area contributed by atoms with Crippen molar-refractivity contribution in [2.45, 2.75) is 25.7 Å². The number of amides is 2. The van der Waals surface area contributed by atoms with Gasteiger partial charge in [0.15, 0.2) is 0 Å². The molecule has 1 aliphatic heterocycles. The molecule has 0 radical (unpaired) electrons. The third-order valence-corrected chi connectivity index (χ3v) is 3.92. The van der Waals surface area contributed by atoms with Crippen molar-refractivity contribution in [1.82, 2.24) is 0 Å². The summed E-state index contributed by atoms with van der Waals surface area (Å²) in [6.07, 6.45) is 2.08. The van der Waals surface area contributed by atoms with Crippen molar-refractivity contribution in [3.8, 4) is 5.75 Å². The van der Waals surface area contributed by atoms with E-state index in [1.807, 2.05) is 18.2 Å². The van der Waals surface area contributed by atoms with Gasteiger partial charge in [-0.15, -0.1) is 0 Å². The highest BCUT2D eigenvalue weighted by molar-refractivity contribution is 5.94. The summed E-state index contributed by atoms with van der Waals surface area (Å²) < 4.78 is 18.5. The average molecular weight is 342 g/mol. The topological polar surface area (TPSA) is 67.4 Å². The lowest BCUT2D eigenvalue weighted by atomic mass is 10.0. The van der Waals surface area contributed by atoms with Gasteiger partial charge in [-0.1, -0.05) is 0 Å². The van der Waals surface area contributed by atoms with Crippen LogP contribution in [0.4, 0.5) is 15.8 Å². The molecule has 3 rings (SSSR count). The van der Waals surface area contributed by atoms with Crippen molar-refractivity contribution in [2.24, 2.45) is 0 Å². The van der Waals surface area contributed by atoms with Crippen molar-refractivity contribution < 1.29 is 18.7 Å². The first kappa shape index (κ1) is 17.0. The monoisotopic (exact) mass is 342 g/mol. The Morgan fingerprint density at radius 2 is 1.96 bits per heavy atom. The Bertz CT molecular complexity index is 775. The molecule has 1 aliphatic rings. The highest BCUT2D eigenvalue weighted by atomic mass is 19.1. The van der Waals surface area contributed by atoms with E-state index in [1.165, 1.54) is 24.3 Å². The van der Waals surface area contributed by atoms with Crippen molar-refractivity contribution in [3.05, 3.63) is 53.8 Å². The van der Waals surface area contributed by atoms with Gasteiger partial charge < -0.3 is 15.4 Å². The van der Waals surface area contributed by atoms with Crippen LogP contribution in [0.1, 0.15) is 24.8 Å². The van der Waals surface area contributed by atoms with E-state index >= 15 is 0 Å².